The molecule has 2 unspecified atom stereocenters. The topological polar surface area (TPSA) is 85.2 Å². The Morgan fingerprint density at radius 2 is 1.88 bits per heavy atom. The van der Waals surface area contributed by atoms with Crippen LogP contribution in [0.4, 0.5) is 0 Å². The normalized spacial score (nSPS) is 22.7. The maximum atomic E-state index is 13.7. The highest BCUT2D eigenvalue weighted by Gasteiger charge is 2.33. The van der Waals surface area contributed by atoms with Crippen molar-refractivity contribution in [1.82, 2.24) is 19.7 Å². The summed E-state index contributed by atoms with van der Waals surface area (Å²) in [5, 5.41) is 5.44. The number of aromatic nitrogens is 3. The van der Waals surface area contributed by atoms with Gasteiger partial charge in [-0.2, -0.15) is 5.10 Å². The number of carbonyl (C=O) groups excluding carboxylic acids is 1. The van der Waals surface area contributed by atoms with Gasteiger partial charge in [0.1, 0.15) is 0 Å². The summed E-state index contributed by atoms with van der Waals surface area (Å²) in [5.74, 6) is 0.702. The van der Waals surface area contributed by atoms with E-state index in [0.29, 0.717) is 34.9 Å². The minimum atomic E-state index is -3.08. The summed E-state index contributed by atoms with van der Waals surface area (Å²) in [7, 11) is -3.08. The van der Waals surface area contributed by atoms with Crippen molar-refractivity contribution in [2.75, 3.05) is 24.6 Å². The fourth-order valence-electron chi connectivity index (χ4n) is 5.12. The Balaban J connectivity index is 1.69. The summed E-state index contributed by atoms with van der Waals surface area (Å²) in [5.41, 5.74) is 4.70. The van der Waals surface area contributed by atoms with Crippen LogP contribution < -0.4 is 0 Å². The zero-order chi connectivity index (χ0) is 23.3. The SMILES string of the molecule is Cc1ccc(-c2cc(C(=O)N3CCCC(C)C3)c3c(C)nn(C4CCS(=O)(=O)C4)c3n2)cc1. The van der Waals surface area contributed by atoms with Gasteiger partial charge in [0.05, 0.1) is 39.9 Å². The Hall–Kier alpha value is -2.74. The highest BCUT2D eigenvalue weighted by atomic mass is 32.2. The predicted molar refractivity (Wildman–Crippen MR) is 129 cm³/mol. The Kier molecular flexibility index (Phi) is 5.51. The van der Waals surface area contributed by atoms with Crippen molar-refractivity contribution in [2.24, 2.45) is 5.92 Å². The van der Waals surface area contributed by atoms with Crippen LogP contribution in [0, 0.1) is 19.8 Å². The van der Waals surface area contributed by atoms with Gasteiger partial charge in [0.2, 0.25) is 0 Å². The van der Waals surface area contributed by atoms with E-state index in [0.717, 1.165) is 42.4 Å². The van der Waals surface area contributed by atoms with Crippen molar-refractivity contribution >= 4 is 26.8 Å². The standard InChI is InChI=1S/C25H30N4O3S/c1-16-6-8-19(9-7-16)22-13-21(25(30)28-11-4-5-17(2)14-28)23-18(3)27-29(24(23)26-22)20-10-12-33(31,32)15-20/h6-9,13,17,20H,4-5,10-12,14-15H2,1-3H3. The van der Waals surface area contributed by atoms with Gasteiger partial charge in [0.25, 0.3) is 5.91 Å². The molecule has 33 heavy (non-hydrogen) atoms. The van der Waals surface area contributed by atoms with Crippen LogP contribution in [0.1, 0.15) is 53.8 Å². The molecule has 8 heteroatoms. The summed E-state index contributed by atoms with van der Waals surface area (Å²) in [6, 6.07) is 9.70. The molecule has 0 radical (unpaired) electrons. The lowest BCUT2D eigenvalue weighted by molar-refractivity contribution is 0.0685. The molecule has 0 bridgehead atoms. The molecular weight excluding hydrogens is 436 g/mol. The molecule has 2 atom stereocenters. The maximum absolute atomic E-state index is 13.7. The number of benzene rings is 1. The number of rotatable bonds is 3. The van der Waals surface area contributed by atoms with E-state index in [1.54, 1.807) is 4.68 Å². The van der Waals surface area contributed by atoms with Gasteiger partial charge < -0.3 is 4.90 Å². The highest BCUT2D eigenvalue weighted by Crippen LogP contribution is 2.33. The van der Waals surface area contributed by atoms with Crippen LogP contribution in [0.3, 0.4) is 0 Å². The van der Waals surface area contributed by atoms with E-state index in [1.807, 2.05) is 49.1 Å². The third-order valence-electron chi connectivity index (χ3n) is 6.91. The first kappa shape index (κ1) is 22.1. The molecule has 2 fully saturated rings. The Morgan fingerprint density at radius 1 is 1.12 bits per heavy atom. The number of carbonyl (C=O) groups is 1. The van der Waals surface area contributed by atoms with Crippen LogP contribution in [-0.4, -0.2) is 58.6 Å². The van der Waals surface area contributed by atoms with Gasteiger partial charge >= 0.3 is 0 Å². The van der Waals surface area contributed by atoms with Crippen LogP contribution in [0.15, 0.2) is 30.3 Å². The molecule has 1 aromatic carbocycles. The highest BCUT2D eigenvalue weighted by molar-refractivity contribution is 7.91. The lowest BCUT2D eigenvalue weighted by Crippen LogP contribution is -2.39. The van der Waals surface area contributed by atoms with E-state index in [4.69, 9.17) is 10.1 Å². The monoisotopic (exact) mass is 466 g/mol. The van der Waals surface area contributed by atoms with Gasteiger partial charge in [-0.25, -0.2) is 18.1 Å². The quantitative estimate of drug-likeness (QED) is 0.584. The van der Waals surface area contributed by atoms with Crippen LogP contribution in [0.5, 0.6) is 0 Å². The summed E-state index contributed by atoms with van der Waals surface area (Å²) in [6.07, 6.45) is 2.66. The molecule has 2 aliphatic heterocycles. The number of hydrogen-bond donors (Lipinski definition) is 0. The minimum Gasteiger partial charge on any atom is -0.338 e. The van der Waals surface area contributed by atoms with Gasteiger partial charge in [0, 0.05) is 18.7 Å². The number of aryl methyl sites for hydroxylation is 2. The number of nitrogens with zero attached hydrogens (tertiary/aromatic N) is 4. The first-order valence-corrected chi connectivity index (χ1v) is 13.5. The van der Waals surface area contributed by atoms with Crippen molar-refractivity contribution in [3.63, 3.8) is 0 Å². The lowest BCUT2D eigenvalue weighted by atomic mass is 9.98. The van der Waals surface area contributed by atoms with Gasteiger partial charge in [-0.05, 0) is 45.1 Å². The number of pyridine rings is 1. The van der Waals surface area contributed by atoms with Crippen molar-refractivity contribution in [1.29, 1.82) is 0 Å². The number of sulfone groups is 1. The van der Waals surface area contributed by atoms with E-state index in [2.05, 4.69) is 6.92 Å². The number of hydrogen-bond acceptors (Lipinski definition) is 5. The summed E-state index contributed by atoms with van der Waals surface area (Å²) in [6.45, 7) is 7.59. The van der Waals surface area contributed by atoms with E-state index in [9.17, 15) is 13.2 Å². The molecule has 1 amide bonds. The molecule has 4 heterocycles. The average molecular weight is 467 g/mol. The number of likely N-dealkylation sites (tertiary alicyclic amines) is 1. The Bertz CT molecular complexity index is 1330. The second kappa shape index (κ2) is 8.24. The van der Waals surface area contributed by atoms with Crippen molar-refractivity contribution in [3.05, 3.63) is 47.2 Å². The smallest absolute Gasteiger partial charge is 0.254 e. The number of fused-ring (bicyclic) bond motifs is 1. The molecule has 0 aliphatic carbocycles. The summed E-state index contributed by atoms with van der Waals surface area (Å²) >= 11 is 0. The zero-order valence-corrected chi connectivity index (χ0v) is 20.2. The second-order valence-corrected chi connectivity index (χ2v) is 11.9. The van der Waals surface area contributed by atoms with E-state index in [-0.39, 0.29) is 23.5 Å². The largest absolute Gasteiger partial charge is 0.338 e. The molecule has 5 rings (SSSR count). The molecule has 174 valence electrons. The molecular formula is C25H30N4O3S. The minimum absolute atomic E-state index is 0.00371. The van der Waals surface area contributed by atoms with Crippen molar-refractivity contribution < 1.29 is 13.2 Å². The fraction of sp³-hybridized carbons (Fsp3) is 0.480. The van der Waals surface area contributed by atoms with Crippen LogP contribution in [0.2, 0.25) is 0 Å². The van der Waals surface area contributed by atoms with E-state index < -0.39 is 9.84 Å². The number of amides is 1. The van der Waals surface area contributed by atoms with Gasteiger partial charge in [-0.3, -0.25) is 4.79 Å². The van der Waals surface area contributed by atoms with Crippen LogP contribution >= 0.6 is 0 Å². The van der Waals surface area contributed by atoms with Gasteiger partial charge in [-0.1, -0.05) is 36.8 Å². The molecule has 3 aromatic rings. The number of piperidine rings is 1. The summed E-state index contributed by atoms with van der Waals surface area (Å²) in [4.78, 5) is 20.6. The average Bonchev–Trinajstić information content (AvgIpc) is 3.32. The summed E-state index contributed by atoms with van der Waals surface area (Å²) < 4.78 is 26.1. The van der Waals surface area contributed by atoms with Crippen molar-refractivity contribution in [3.8, 4) is 11.3 Å². The van der Waals surface area contributed by atoms with Crippen LogP contribution in [-0.2, 0) is 9.84 Å². The third-order valence-corrected chi connectivity index (χ3v) is 8.66. The second-order valence-electron chi connectivity index (χ2n) is 9.71. The van der Waals surface area contributed by atoms with Crippen LogP contribution in [0.25, 0.3) is 22.3 Å². The Morgan fingerprint density at radius 3 is 2.55 bits per heavy atom. The fourth-order valence-corrected chi connectivity index (χ4v) is 6.81. The molecule has 2 aliphatic rings. The van der Waals surface area contributed by atoms with E-state index in [1.165, 1.54) is 0 Å². The van der Waals surface area contributed by atoms with E-state index >= 15 is 0 Å². The third kappa shape index (κ3) is 4.16. The molecule has 0 saturated carbocycles. The molecule has 0 N–H and O–H groups in total. The first-order chi connectivity index (χ1) is 15.7. The van der Waals surface area contributed by atoms with Gasteiger partial charge in [-0.15, -0.1) is 0 Å². The van der Waals surface area contributed by atoms with Crippen molar-refractivity contribution in [2.45, 2.75) is 46.1 Å². The van der Waals surface area contributed by atoms with Gasteiger partial charge in [0.15, 0.2) is 15.5 Å². The lowest BCUT2D eigenvalue weighted by Gasteiger charge is -2.31. The first-order valence-electron chi connectivity index (χ1n) is 11.7. The predicted octanol–water partition coefficient (Wildman–Crippen LogP) is 3.95. The molecule has 0 spiro atoms. The molecule has 2 aromatic heterocycles. The molecule has 7 nitrogen and oxygen atoms in total. The Labute approximate surface area is 194 Å². The molecule has 2 saturated heterocycles. The zero-order valence-electron chi connectivity index (χ0n) is 19.4. The maximum Gasteiger partial charge on any atom is 0.254 e.